The van der Waals surface area contributed by atoms with Gasteiger partial charge in [0.2, 0.25) is 5.91 Å². The normalized spacial score (nSPS) is 9.95. The molecule has 0 aliphatic carbocycles. The average Bonchev–Trinajstić information content (AvgIpc) is 2.44. The van der Waals surface area contributed by atoms with E-state index in [0.29, 0.717) is 24.3 Å². The van der Waals surface area contributed by atoms with Crippen molar-refractivity contribution in [2.75, 3.05) is 18.5 Å². The molecule has 0 saturated carbocycles. The molecule has 6 nitrogen and oxygen atoms in total. The third-order valence-corrected chi connectivity index (χ3v) is 2.78. The standard InChI is InChI=1S/C14H22N4O2/c1-3-7-16-13(19)6-8-17-14(20)11-9-10(2)4-5-12(11)18-15/h4-5,9,18H,3,6-8,15H2,1-2H3,(H,16,19)(H,17,20). The van der Waals surface area contributed by atoms with Crippen LogP contribution in [-0.4, -0.2) is 24.9 Å². The predicted molar refractivity (Wildman–Crippen MR) is 79.2 cm³/mol. The van der Waals surface area contributed by atoms with Crippen molar-refractivity contribution < 1.29 is 9.59 Å². The van der Waals surface area contributed by atoms with E-state index in [1.807, 2.05) is 19.9 Å². The third kappa shape index (κ3) is 4.89. The Morgan fingerprint density at radius 1 is 1.20 bits per heavy atom. The number of nitrogens with two attached hydrogens (primary N) is 1. The summed E-state index contributed by atoms with van der Waals surface area (Å²) in [7, 11) is 0. The molecule has 6 heteroatoms. The van der Waals surface area contributed by atoms with Gasteiger partial charge in [0.15, 0.2) is 0 Å². The zero-order valence-corrected chi connectivity index (χ0v) is 12.0. The Morgan fingerprint density at radius 2 is 1.95 bits per heavy atom. The largest absolute Gasteiger partial charge is 0.356 e. The fraction of sp³-hybridized carbons (Fsp3) is 0.429. The molecule has 0 heterocycles. The van der Waals surface area contributed by atoms with Gasteiger partial charge in [0, 0.05) is 19.5 Å². The molecule has 2 amide bonds. The maximum Gasteiger partial charge on any atom is 0.253 e. The first kappa shape index (κ1) is 16.0. The molecular formula is C14H22N4O2. The predicted octanol–water partition coefficient (Wildman–Crippen LogP) is 0.927. The molecule has 0 radical (unpaired) electrons. The van der Waals surface area contributed by atoms with Crippen LogP contribution in [0.2, 0.25) is 0 Å². The van der Waals surface area contributed by atoms with Crippen LogP contribution in [-0.2, 0) is 4.79 Å². The first-order valence-corrected chi connectivity index (χ1v) is 6.70. The number of hydrogen-bond donors (Lipinski definition) is 4. The summed E-state index contributed by atoms with van der Waals surface area (Å²) < 4.78 is 0. The van der Waals surface area contributed by atoms with E-state index in [9.17, 15) is 9.59 Å². The second-order valence-corrected chi connectivity index (χ2v) is 4.55. The van der Waals surface area contributed by atoms with Gasteiger partial charge >= 0.3 is 0 Å². The van der Waals surface area contributed by atoms with E-state index in [-0.39, 0.29) is 18.2 Å². The van der Waals surface area contributed by atoms with Crippen LogP contribution >= 0.6 is 0 Å². The van der Waals surface area contributed by atoms with E-state index in [1.165, 1.54) is 0 Å². The molecule has 1 aromatic carbocycles. The number of amides is 2. The van der Waals surface area contributed by atoms with Crippen molar-refractivity contribution in [3.63, 3.8) is 0 Å². The first-order valence-electron chi connectivity index (χ1n) is 6.70. The number of hydrazine groups is 1. The second-order valence-electron chi connectivity index (χ2n) is 4.55. The van der Waals surface area contributed by atoms with Crippen molar-refractivity contribution in [1.82, 2.24) is 10.6 Å². The van der Waals surface area contributed by atoms with Gasteiger partial charge < -0.3 is 16.1 Å². The molecule has 0 aromatic heterocycles. The number of rotatable bonds is 7. The van der Waals surface area contributed by atoms with Gasteiger partial charge in [-0.3, -0.25) is 15.4 Å². The van der Waals surface area contributed by atoms with E-state index in [2.05, 4.69) is 16.1 Å². The van der Waals surface area contributed by atoms with E-state index >= 15 is 0 Å². The number of carbonyl (C=O) groups is 2. The number of nitrogens with one attached hydrogen (secondary N) is 3. The van der Waals surface area contributed by atoms with Crippen molar-refractivity contribution in [2.45, 2.75) is 26.7 Å². The summed E-state index contributed by atoms with van der Waals surface area (Å²) in [6.45, 7) is 4.84. The second kappa shape index (κ2) is 8.16. The van der Waals surface area contributed by atoms with Gasteiger partial charge in [0.05, 0.1) is 11.3 Å². The average molecular weight is 278 g/mol. The lowest BCUT2D eigenvalue weighted by Gasteiger charge is -2.10. The number of nitrogen functional groups attached to an aromatic ring is 1. The Morgan fingerprint density at radius 3 is 2.60 bits per heavy atom. The van der Waals surface area contributed by atoms with Crippen LogP contribution in [0.4, 0.5) is 5.69 Å². The molecule has 20 heavy (non-hydrogen) atoms. The number of anilines is 1. The van der Waals surface area contributed by atoms with Crippen LogP contribution in [0.15, 0.2) is 18.2 Å². The number of hydrogen-bond acceptors (Lipinski definition) is 4. The molecule has 0 unspecified atom stereocenters. The molecule has 0 atom stereocenters. The van der Waals surface area contributed by atoms with Crippen LogP contribution in [0.3, 0.4) is 0 Å². The Hall–Kier alpha value is -2.08. The maximum absolute atomic E-state index is 12.0. The van der Waals surface area contributed by atoms with Crippen LogP contribution in [0.25, 0.3) is 0 Å². The minimum atomic E-state index is -0.245. The van der Waals surface area contributed by atoms with E-state index in [0.717, 1.165) is 12.0 Å². The van der Waals surface area contributed by atoms with Crippen molar-refractivity contribution in [3.8, 4) is 0 Å². The van der Waals surface area contributed by atoms with E-state index in [1.54, 1.807) is 12.1 Å². The Labute approximate surface area is 119 Å². The van der Waals surface area contributed by atoms with Gasteiger partial charge in [-0.15, -0.1) is 0 Å². The fourth-order valence-electron chi connectivity index (χ4n) is 1.71. The molecule has 1 aromatic rings. The minimum Gasteiger partial charge on any atom is -0.356 e. The van der Waals surface area contributed by atoms with Gasteiger partial charge in [0.1, 0.15) is 0 Å². The van der Waals surface area contributed by atoms with Crippen LogP contribution in [0.1, 0.15) is 35.7 Å². The molecular weight excluding hydrogens is 256 g/mol. The van der Waals surface area contributed by atoms with Gasteiger partial charge in [0.25, 0.3) is 5.91 Å². The Balaban J connectivity index is 2.51. The summed E-state index contributed by atoms with van der Waals surface area (Å²) in [5.41, 5.74) is 4.49. The number of carbonyl (C=O) groups excluding carboxylic acids is 2. The highest BCUT2D eigenvalue weighted by molar-refractivity contribution is 5.99. The summed E-state index contributed by atoms with van der Waals surface area (Å²) in [4.78, 5) is 23.4. The van der Waals surface area contributed by atoms with E-state index < -0.39 is 0 Å². The molecule has 1 rings (SSSR count). The van der Waals surface area contributed by atoms with Gasteiger partial charge in [-0.1, -0.05) is 18.6 Å². The molecule has 0 aliphatic heterocycles. The summed E-state index contributed by atoms with van der Waals surface area (Å²) >= 11 is 0. The summed E-state index contributed by atoms with van der Waals surface area (Å²) in [6, 6.07) is 5.37. The summed E-state index contributed by atoms with van der Waals surface area (Å²) in [6.07, 6.45) is 1.16. The monoisotopic (exact) mass is 278 g/mol. The SMILES string of the molecule is CCCNC(=O)CCNC(=O)c1cc(C)ccc1NN. The molecule has 110 valence electrons. The van der Waals surface area contributed by atoms with Crippen molar-refractivity contribution >= 4 is 17.5 Å². The van der Waals surface area contributed by atoms with Crippen molar-refractivity contribution in [3.05, 3.63) is 29.3 Å². The quantitative estimate of drug-likeness (QED) is 0.440. The Kier molecular flexibility index (Phi) is 6.52. The maximum atomic E-state index is 12.0. The Bertz CT molecular complexity index is 474. The summed E-state index contributed by atoms with van der Waals surface area (Å²) in [5, 5.41) is 5.47. The molecule has 0 bridgehead atoms. The molecule has 0 saturated heterocycles. The van der Waals surface area contributed by atoms with Gasteiger partial charge in [-0.25, -0.2) is 0 Å². The fourth-order valence-corrected chi connectivity index (χ4v) is 1.71. The zero-order valence-electron chi connectivity index (χ0n) is 12.0. The molecule has 0 spiro atoms. The number of benzene rings is 1. The highest BCUT2D eigenvalue weighted by Gasteiger charge is 2.11. The molecule has 0 aliphatic rings. The molecule has 0 fully saturated rings. The summed E-state index contributed by atoms with van der Waals surface area (Å²) in [5.74, 6) is 5.07. The van der Waals surface area contributed by atoms with Crippen LogP contribution in [0, 0.1) is 6.92 Å². The highest BCUT2D eigenvalue weighted by atomic mass is 16.2. The lowest BCUT2D eigenvalue weighted by molar-refractivity contribution is -0.120. The number of aryl methyl sites for hydroxylation is 1. The van der Waals surface area contributed by atoms with Gasteiger partial charge in [-0.2, -0.15) is 0 Å². The van der Waals surface area contributed by atoms with E-state index in [4.69, 9.17) is 5.84 Å². The van der Waals surface area contributed by atoms with Gasteiger partial charge in [-0.05, 0) is 25.5 Å². The van der Waals surface area contributed by atoms with Crippen molar-refractivity contribution in [2.24, 2.45) is 5.84 Å². The minimum absolute atomic E-state index is 0.0615. The van der Waals surface area contributed by atoms with Crippen molar-refractivity contribution in [1.29, 1.82) is 0 Å². The third-order valence-electron chi connectivity index (χ3n) is 2.78. The van der Waals surface area contributed by atoms with Crippen LogP contribution in [0.5, 0.6) is 0 Å². The zero-order chi connectivity index (χ0) is 15.0. The lowest BCUT2D eigenvalue weighted by Crippen LogP contribution is -2.31. The lowest BCUT2D eigenvalue weighted by atomic mass is 10.1. The topological polar surface area (TPSA) is 96.2 Å². The molecule has 5 N–H and O–H groups in total. The highest BCUT2D eigenvalue weighted by Crippen LogP contribution is 2.15. The smallest absolute Gasteiger partial charge is 0.253 e. The van der Waals surface area contributed by atoms with Crippen LogP contribution < -0.4 is 21.9 Å². The first-order chi connectivity index (χ1) is 9.58.